The molecule has 0 aliphatic carbocycles. The summed E-state index contributed by atoms with van der Waals surface area (Å²) in [6.07, 6.45) is 14.1. The molecule has 3 N–H and O–H groups in total. The molecule has 0 rings (SSSR count). The first-order chi connectivity index (χ1) is 8.57. The largest absolute Gasteiger partial charge is 0.385 e. The van der Waals surface area contributed by atoms with Crippen LogP contribution in [0.1, 0.15) is 6.42 Å². The molecule has 0 aliphatic rings. The molecule has 0 saturated carbocycles. The maximum atomic E-state index is 5.27. The molecule has 98 valence electrons. The van der Waals surface area contributed by atoms with Gasteiger partial charge in [-0.1, -0.05) is 31.4 Å². The van der Waals surface area contributed by atoms with Crippen LogP contribution in [0.3, 0.4) is 0 Å². The molecular weight excluding hydrogens is 224 g/mol. The van der Waals surface area contributed by atoms with E-state index in [0.717, 1.165) is 12.1 Å². The minimum Gasteiger partial charge on any atom is -0.385 e. The van der Waals surface area contributed by atoms with Gasteiger partial charge in [0.1, 0.15) is 5.82 Å². The van der Waals surface area contributed by atoms with E-state index in [0.29, 0.717) is 5.82 Å². The highest BCUT2D eigenvalue weighted by atomic mass is 15.3. The van der Waals surface area contributed by atoms with Gasteiger partial charge in [-0.3, -0.25) is 5.43 Å². The van der Waals surface area contributed by atoms with Crippen molar-refractivity contribution in [2.75, 3.05) is 14.1 Å². The molecule has 0 saturated heterocycles. The molecule has 0 aromatic carbocycles. The van der Waals surface area contributed by atoms with Crippen molar-refractivity contribution in [3.05, 3.63) is 61.1 Å². The van der Waals surface area contributed by atoms with E-state index in [4.69, 9.17) is 5.73 Å². The normalized spacial score (nSPS) is 12.4. The van der Waals surface area contributed by atoms with Crippen LogP contribution in [-0.4, -0.2) is 25.2 Å². The third-order valence-electron chi connectivity index (χ3n) is 1.87. The zero-order valence-electron chi connectivity index (χ0n) is 11.1. The van der Waals surface area contributed by atoms with Crippen LogP contribution in [0.2, 0.25) is 0 Å². The molecule has 0 fully saturated rings. The lowest BCUT2D eigenvalue weighted by Crippen LogP contribution is -2.11. The smallest absolute Gasteiger partial charge is 0.109 e. The third kappa shape index (κ3) is 9.03. The summed E-state index contributed by atoms with van der Waals surface area (Å²) in [6.45, 7) is 7.14. The number of rotatable bonds is 8. The number of likely N-dealkylation sites (N-methyl/N-ethyl adjacent to an activating group) is 1. The van der Waals surface area contributed by atoms with E-state index in [9.17, 15) is 0 Å². The topological polar surface area (TPSA) is 53.6 Å². The first kappa shape index (κ1) is 15.8. The summed E-state index contributed by atoms with van der Waals surface area (Å²) in [5, 5.41) is 3.82. The Kier molecular flexibility index (Phi) is 8.72. The second kappa shape index (κ2) is 9.96. The second-order valence-corrected chi connectivity index (χ2v) is 3.70. The van der Waals surface area contributed by atoms with Crippen molar-refractivity contribution in [1.29, 1.82) is 0 Å². The number of allylic oxidation sites excluding steroid dienone is 6. The van der Waals surface area contributed by atoms with E-state index < -0.39 is 0 Å². The molecule has 18 heavy (non-hydrogen) atoms. The maximum Gasteiger partial charge on any atom is 0.109 e. The zero-order valence-corrected chi connectivity index (χ0v) is 11.1. The van der Waals surface area contributed by atoms with Crippen molar-refractivity contribution in [2.24, 2.45) is 10.8 Å². The predicted molar refractivity (Wildman–Crippen MR) is 79.8 cm³/mol. The van der Waals surface area contributed by atoms with Crippen LogP contribution < -0.4 is 11.2 Å². The van der Waals surface area contributed by atoms with Gasteiger partial charge in [0.05, 0.1) is 0 Å². The summed E-state index contributed by atoms with van der Waals surface area (Å²) in [7, 11) is 3.99. The van der Waals surface area contributed by atoms with Gasteiger partial charge in [0.25, 0.3) is 0 Å². The van der Waals surface area contributed by atoms with E-state index in [1.807, 2.05) is 43.3 Å². The molecule has 0 unspecified atom stereocenters. The van der Waals surface area contributed by atoms with E-state index >= 15 is 0 Å². The standard InChI is InChI=1S/C14H22N4/c1-5-10-14(18(3)4)11-8-6-7-9-12-16-17-13(2)15/h5,7-12,17H,1-2,6,15H2,3-4H3/b9-7+,11-8-,14-10+,16-12+. The SMILES string of the molecule is C=C/C=C(\C=C/C/C=C/C=N/NC(=C)N)N(C)C. The predicted octanol–water partition coefficient (Wildman–Crippen LogP) is 2.13. The molecule has 0 aliphatic heterocycles. The second-order valence-electron chi connectivity index (χ2n) is 3.70. The first-order valence-electron chi connectivity index (χ1n) is 5.63. The Bertz CT molecular complexity index is 373. The average Bonchev–Trinajstić information content (AvgIpc) is 2.30. The van der Waals surface area contributed by atoms with Crippen molar-refractivity contribution < 1.29 is 0 Å². The Hall–Kier alpha value is -2.23. The van der Waals surface area contributed by atoms with Gasteiger partial charge in [-0.2, -0.15) is 5.10 Å². The number of hydrogen-bond acceptors (Lipinski definition) is 4. The summed E-state index contributed by atoms with van der Waals surface area (Å²) in [6, 6.07) is 0. The molecule has 0 bridgehead atoms. The van der Waals surface area contributed by atoms with Crippen LogP contribution >= 0.6 is 0 Å². The minimum absolute atomic E-state index is 0.324. The number of nitrogens with zero attached hydrogens (tertiary/aromatic N) is 2. The Labute approximate surface area is 110 Å². The summed E-state index contributed by atoms with van der Waals surface area (Å²) in [5.41, 5.74) is 8.92. The highest BCUT2D eigenvalue weighted by Gasteiger charge is 1.90. The van der Waals surface area contributed by atoms with E-state index in [1.54, 1.807) is 12.3 Å². The number of hydrazone groups is 1. The minimum atomic E-state index is 0.324. The van der Waals surface area contributed by atoms with Crippen molar-refractivity contribution in [2.45, 2.75) is 6.42 Å². The molecule has 0 spiro atoms. The van der Waals surface area contributed by atoms with Crippen LogP contribution in [-0.2, 0) is 0 Å². The number of nitrogens with one attached hydrogen (secondary N) is 1. The molecule has 0 radical (unpaired) electrons. The molecular formula is C14H22N4. The molecule has 0 heterocycles. The van der Waals surface area contributed by atoms with E-state index in [1.165, 1.54) is 0 Å². The first-order valence-corrected chi connectivity index (χ1v) is 5.63. The molecule has 0 aromatic heterocycles. The number of nitrogens with two attached hydrogens (primary N) is 1. The summed E-state index contributed by atoms with van der Waals surface area (Å²) in [5.74, 6) is 0.324. The van der Waals surface area contributed by atoms with Crippen LogP contribution in [0, 0.1) is 0 Å². The molecule has 0 amide bonds. The molecule has 0 atom stereocenters. The summed E-state index contributed by atoms with van der Waals surface area (Å²) >= 11 is 0. The Balaban J connectivity index is 4.06. The molecule has 4 heteroatoms. The zero-order chi connectivity index (χ0) is 13.8. The highest BCUT2D eigenvalue weighted by Crippen LogP contribution is 2.01. The van der Waals surface area contributed by atoms with Crippen molar-refractivity contribution in [3.8, 4) is 0 Å². The van der Waals surface area contributed by atoms with Crippen molar-refractivity contribution in [1.82, 2.24) is 10.3 Å². The van der Waals surface area contributed by atoms with E-state index in [2.05, 4.69) is 29.8 Å². The van der Waals surface area contributed by atoms with Gasteiger partial charge >= 0.3 is 0 Å². The lowest BCUT2D eigenvalue weighted by Gasteiger charge is -2.12. The Morgan fingerprint density at radius 1 is 1.39 bits per heavy atom. The fourth-order valence-electron chi connectivity index (χ4n) is 1.04. The van der Waals surface area contributed by atoms with Gasteiger partial charge in [-0.15, -0.1) is 0 Å². The lowest BCUT2D eigenvalue weighted by molar-refractivity contribution is 0.530. The Morgan fingerprint density at radius 2 is 2.11 bits per heavy atom. The lowest BCUT2D eigenvalue weighted by atomic mass is 10.3. The summed E-state index contributed by atoms with van der Waals surface area (Å²) in [4.78, 5) is 2.03. The van der Waals surface area contributed by atoms with Gasteiger partial charge in [-0.05, 0) is 24.6 Å². The fourth-order valence-corrected chi connectivity index (χ4v) is 1.04. The van der Waals surface area contributed by atoms with E-state index in [-0.39, 0.29) is 0 Å². The van der Waals surface area contributed by atoms with Crippen molar-refractivity contribution >= 4 is 6.21 Å². The van der Waals surface area contributed by atoms with Gasteiger partial charge < -0.3 is 10.6 Å². The molecule has 0 aromatic rings. The van der Waals surface area contributed by atoms with Crippen LogP contribution in [0.15, 0.2) is 66.2 Å². The fraction of sp³-hybridized carbons (Fsp3) is 0.214. The summed E-state index contributed by atoms with van der Waals surface area (Å²) < 4.78 is 0. The Morgan fingerprint density at radius 3 is 2.67 bits per heavy atom. The average molecular weight is 246 g/mol. The van der Waals surface area contributed by atoms with Crippen LogP contribution in [0.5, 0.6) is 0 Å². The molecule has 4 nitrogen and oxygen atoms in total. The van der Waals surface area contributed by atoms with Crippen molar-refractivity contribution in [3.63, 3.8) is 0 Å². The monoisotopic (exact) mass is 246 g/mol. The van der Waals surface area contributed by atoms with Crippen LogP contribution in [0.4, 0.5) is 0 Å². The number of hydrogen-bond donors (Lipinski definition) is 2. The van der Waals surface area contributed by atoms with Crippen LogP contribution in [0.25, 0.3) is 0 Å². The maximum absolute atomic E-state index is 5.27. The third-order valence-corrected chi connectivity index (χ3v) is 1.87. The van der Waals surface area contributed by atoms with Gasteiger partial charge in [0.15, 0.2) is 0 Å². The highest BCUT2D eigenvalue weighted by molar-refractivity contribution is 5.70. The van der Waals surface area contributed by atoms with Gasteiger partial charge in [0, 0.05) is 26.0 Å². The van der Waals surface area contributed by atoms with Gasteiger partial charge in [-0.25, -0.2) is 0 Å². The van der Waals surface area contributed by atoms with Gasteiger partial charge in [0.2, 0.25) is 0 Å². The quantitative estimate of drug-likeness (QED) is 0.392.